The van der Waals surface area contributed by atoms with E-state index in [0.717, 1.165) is 12.1 Å². The highest BCUT2D eigenvalue weighted by atomic mass is 35.5. The minimum atomic E-state index is -3.06. The molecule has 0 saturated carbocycles. The summed E-state index contributed by atoms with van der Waals surface area (Å²) in [7, 11) is 0. The number of alkyl halides is 2. The Labute approximate surface area is 222 Å². The highest BCUT2D eigenvalue weighted by Crippen LogP contribution is 2.39. The van der Waals surface area contributed by atoms with Crippen molar-refractivity contribution in [3.8, 4) is 11.1 Å². The van der Waals surface area contributed by atoms with Crippen molar-refractivity contribution in [2.24, 2.45) is 0 Å². The second kappa shape index (κ2) is 10.8. The van der Waals surface area contributed by atoms with E-state index in [1.165, 1.54) is 18.5 Å². The van der Waals surface area contributed by atoms with Crippen molar-refractivity contribution in [3.05, 3.63) is 82.3 Å². The monoisotopic (exact) mass is 546 g/mol. The Hall–Kier alpha value is -3.31. The number of benzene rings is 2. The van der Waals surface area contributed by atoms with Gasteiger partial charge in [-0.05, 0) is 56.2 Å². The molecule has 2 heterocycles. The molecule has 4 aromatic rings. The van der Waals surface area contributed by atoms with Gasteiger partial charge in [-0.25, -0.2) is 23.1 Å². The first kappa shape index (κ1) is 27.7. The Bertz CT molecular complexity index is 1460. The molecule has 0 aliphatic rings. The predicted molar refractivity (Wildman–Crippen MR) is 139 cm³/mol. The number of halogens is 4. The number of nitrogens with one attached hydrogen (secondary N) is 1. The third-order valence-electron chi connectivity index (χ3n) is 6.09. The van der Waals surface area contributed by atoms with Crippen LogP contribution >= 0.6 is 11.6 Å². The number of hydrogen-bond acceptors (Lipinski definition) is 7. The van der Waals surface area contributed by atoms with Crippen LogP contribution in [0.3, 0.4) is 0 Å². The predicted octanol–water partition coefficient (Wildman–Crippen LogP) is 5.46. The highest BCUT2D eigenvalue weighted by Gasteiger charge is 2.28. The average Bonchev–Trinajstić information content (AvgIpc) is 2.88. The molecule has 200 valence electrons. The van der Waals surface area contributed by atoms with E-state index in [1.54, 1.807) is 39.0 Å². The van der Waals surface area contributed by atoms with Crippen molar-refractivity contribution in [1.29, 1.82) is 0 Å². The first-order chi connectivity index (χ1) is 17.9. The molecule has 11 heteroatoms. The van der Waals surface area contributed by atoms with E-state index < -0.39 is 42.2 Å². The number of aliphatic hydroxyl groups is 3. The molecule has 4 rings (SSSR count). The third-order valence-corrected chi connectivity index (χ3v) is 6.55. The van der Waals surface area contributed by atoms with Crippen molar-refractivity contribution in [2.75, 3.05) is 11.9 Å². The summed E-state index contributed by atoms with van der Waals surface area (Å²) >= 11 is 6.53. The Kier molecular flexibility index (Phi) is 7.89. The molecule has 0 aliphatic heterocycles. The smallest absolute Gasteiger partial charge is 0.262 e. The zero-order chi connectivity index (χ0) is 27.8. The van der Waals surface area contributed by atoms with E-state index in [0.29, 0.717) is 27.7 Å². The molecule has 0 bridgehead atoms. The van der Waals surface area contributed by atoms with Gasteiger partial charge in [-0.15, -0.1) is 0 Å². The summed E-state index contributed by atoms with van der Waals surface area (Å²) in [6.45, 7) is 4.10. The summed E-state index contributed by atoms with van der Waals surface area (Å²) in [4.78, 5) is 12.9. The summed E-state index contributed by atoms with van der Waals surface area (Å²) in [5, 5.41) is 32.5. The number of hydrogen-bond donors (Lipinski definition) is 4. The average molecular weight is 547 g/mol. The number of fused-ring (bicyclic) bond motifs is 1. The maximum Gasteiger partial charge on any atom is 0.262 e. The lowest BCUT2D eigenvalue weighted by Crippen LogP contribution is -2.21. The van der Waals surface area contributed by atoms with Crippen LogP contribution in [0.4, 0.5) is 18.9 Å². The van der Waals surface area contributed by atoms with Gasteiger partial charge < -0.3 is 20.6 Å². The molecular formula is C27H26ClF3N4O3. The van der Waals surface area contributed by atoms with E-state index in [2.05, 4.69) is 20.3 Å². The summed E-state index contributed by atoms with van der Waals surface area (Å²) < 4.78 is 43.4. The fourth-order valence-electron chi connectivity index (χ4n) is 4.02. The van der Waals surface area contributed by atoms with Gasteiger partial charge in [0.25, 0.3) is 6.43 Å². The maximum atomic E-state index is 14.8. The third kappa shape index (κ3) is 5.58. The van der Waals surface area contributed by atoms with E-state index in [-0.39, 0.29) is 22.1 Å². The first-order valence-corrected chi connectivity index (χ1v) is 12.1. The molecule has 0 saturated heterocycles. The fraction of sp³-hybridized carbons (Fsp3) is 0.296. The molecule has 4 N–H and O–H groups in total. The number of rotatable bonds is 8. The Morgan fingerprint density at radius 3 is 2.34 bits per heavy atom. The molecule has 0 fully saturated rings. The maximum absolute atomic E-state index is 14.8. The van der Waals surface area contributed by atoms with Crippen LogP contribution in [-0.4, -0.2) is 43.3 Å². The quantitative estimate of drug-likeness (QED) is 0.232. The molecule has 38 heavy (non-hydrogen) atoms. The minimum Gasteiger partial charge on any atom is -0.393 e. The van der Waals surface area contributed by atoms with Gasteiger partial charge in [-0.2, -0.15) is 0 Å². The molecule has 0 radical (unpaired) electrons. The normalized spacial score (nSPS) is 13.7. The van der Waals surface area contributed by atoms with Crippen molar-refractivity contribution >= 4 is 28.2 Å². The van der Waals surface area contributed by atoms with Gasteiger partial charge in [0.2, 0.25) is 0 Å². The number of aromatic nitrogens is 3. The van der Waals surface area contributed by atoms with Gasteiger partial charge in [0.1, 0.15) is 23.6 Å². The topological polar surface area (TPSA) is 111 Å². The Morgan fingerprint density at radius 2 is 1.74 bits per heavy atom. The number of aliphatic hydroxyl groups excluding tert-OH is 2. The zero-order valence-corrected chi connectivity index (χ0v) is 21.5. The van der Waals surface area contributed by atoms with Crippen molar-refractivity contribution in [2.45, 2.75) is 44.9 Å². The van der Waals surface area contributed by atoms with Crippen LogP contribution in [0, 0.1) is 12.7 Å². The second-order valence-corrected chi connectivity index (χ2v) is 9.79. The van der Waals surface area contributed by atoms with E-state index in [4.69, 9.17) is 11.6 Å². The lowest BCUT2D eigenvalue weighted by molar-refractivity contribution is 0.0687. The Morgan fingerprint density at radius 1 is 1.05 bits per heavy atom. The molecule has 7 nitrogen and oxygen atoms in total. The second-order valence-electron chi connectivity index (χ2n) is 9.41. The van der Waals surface area contributed by atoms with E-state index in [1.807, 2.05) is 0 Å². The van der Waals surface area contributed by atoms with Gasteiger partial charge in [0.05, 0.1) is 28.5 Å². The Balaban J connectivity index is 1.82. The fourth-order valence-corrected chi connectivity index (χ4v) is 4.22. The molecule has 0 amide bonds. The first-order valence-electron chi connectivity index (χ1n) is 11.7. The molecule has 0 aliphatic carbocycles. The van der Waals surface area contributed by atoms with Crippen molar-refractivity contribution < 1.29 is 28.5 Å². The van der Waals surface area contributed by atoms with Crippen LogP contribution in [0.15, 0.2) is 48.8 Å². The standard InChI is InChI=1S/C27H26ClF3N4O3/c1-13-22(28)23(35-24(25(30)31)17-9-15(21(37)12-36)4-6-19(17)29)18-8-14(5-7-20(18)34-13)16-10-32-26(33-11-16)27(2,3)38/h4-11,21,24-25,36-38H,12H2,1-3H3,(H,34,35)/t21?,24-/m0/s1. The summed E-state index contributed by atoms with van der Waals surface area (Å²) in [5.41, 5.74) is 0.684. The van der Waals surface area contributed by atoms with Crippen LogP contribution in [-0.2, 0) is 5.60 Å². The number of pyridine rings is 1. The van der Waals surface area contributed by atoms with Crippen LogP contribution in [0.2, 0.25) is 5.02 Å². The van der Waals surface area contributed by atoms with E-state index in [9.17, 15) is 28.5 Å². The number of aryl methyl sites for hydroxylation is 1. The molecule has 1 unspecified atom stereocenters. The van der Waals surface area contributed by atoms with Crippen molar-refractivity contribution in [1.82, 2.24) is 15.0 Å². The molecule has 2 aromatic carbocycles. The minimum absolute atomic E-state index is 0.0842. The molecule has 0 spiro atoms. The van der Waals surface area contributed by atoms with Gasteiger partial charge >= 0.3 is 0 Å². The lowest BCUT2D eigenvalue weighted by atomic mass is 9.99. The number of nitrogens with zero attached hydrogens (tertiary/aromatic N) is 3. The summed E-state index contributed by atoms with van der Waals surface area (Å²) in [6, 6.07) is 6.59. The van der Waals surface area contributed by atoms with Gasteiger partial charge in [0, 0.05) is 28.9 Å². The van der Waals surface area contributed by atoms with Gasteiger partial charge in [-0.1, -0.05) is 23.7 Å². The SMILES string of the molecule is Cc1nc2ccc(-c3cnc(C(C)(C)O)nc3)cc2c(N[C@@H](c2cc(C(O)CO)ccc2F)C(F)F)c1Cl. The molecule has 2 atom stereocenters. The summed E-state index contributed by atoms with van der Waals surface area (Å²) in [6.07, 6.45) is -1.34. The highest BCUT2D eigenvalue weighted by molar-refractivity contribution is 6.35. The molecular weight excluding hydrogens is 521 g/mol. The van der Waals surface area contributed by atoms with Crippen LogP contribution in [0.5, 0.6) is 0 Å². The van der Waals surface area contributed by atoms with Crippen molar-refractivity contribution in [3.63, 3.8) is 0 Å². The van der Waals surface area contributed by atoms with Crippen LogP contribution in [0.1, 0.15) is 48.6 Å². The zero-order valence-electron chi connectivity index (χ0n) is 20.8. The lowest BCUT2D eigenvalue weighted by Gasteiger charge is -2.24. The van der Waals surface area contributed by atoms with Gasteiger partial charge in [0.15, 0.2) is 5.82 Å². The number of anilines is 1. The van der Waals surface area contributed by atoms with Crippen LogP contribution in [0.25, 0.3) is 22.0 Å². The van der Waals surface area contributed by atoms with E-state index >= 15 is 0 Å². The molecule has 2 aromatic heterocycles. The van der Waals surface area contributed by atoms with Crippen LogP contribution < -0.4 is 5.32 Å². The van der Waals surface area contributed by atoms with Gasteiger partial charge in [-0.3, -0.25) is 4.98 Å². The summed E-state index contributed by atoms with van der Waals surface area (Å²) in [5.74, 6) is -0.673. The largest absolute Gasteiger partial charge is 0.393 e.